The lowest BCUT2D eigenvalue weighted by atomic mass is 9.82. The predicted molar refractivity (Wildman–Crippen MR) is 35.7 cm³/mol. The number of aliphatic hydroxyl groups excluding tert-OH is 1. The van der Waals surface area contributed by atoms with E-state index >= 15 is 0 Å². The van der Waals surface area contributed by atoms with Gasteiger partial charge in [0.1, 0.15) is 0 Å². The van der Waals surface area contributed by atoms with Crippen LogP contribution in [-0.4, -0.2) is 11.7 Å². The molecule has 0 atom stereocenters. The summed E-state index contributed by atoms with van der Waals surface area (Å²) in [6.45, 7) is 8.66. The van der Waals surface area contributed by atoms with Crippen molar-refractivity contribution < 1.29 is 5.11 Å². The molecule has 0 aromatic carbocycles. The van der Waals surface area contributed by atoms with Gasteiger partial charge in [0, 0.05) is 6.61 Å². The topological polar surface area (TPSA) is 20.2 Å². The van der Waals surface area contributed by atoms with Gasteiger partial charge in [-0.05, 0) is 11.3 Å². The Balaban J connectivity index is 3.71. The Hall–Kier alpha value is -0.0400. The van der Waals surface area contributed by atoms with Crippen LogP contribution in [0.25, 0.3) is 0 Å². The minimum Gasteiger partial charge on any atom is -0.396 e. The van der Waals surface area contributed by atoms with Crippen LogP contribution in [0.15, 0.2) is 0 Å². The van der Waals surface area contributed by atoms with Gasteiger partial charge in [-0.2, -0.15) is 0 Å². The van der Waals surface area contributed by atoms with Crippen LogP contribution in [0.5, 0.6) is 0 Å². The highest BCUT2D eigenvalue weighted by Crippen LogP contribution is 2.24. The number of hydrogen-bond donors (Lipinski definition) is 1. The molecule has 0 radical (unpaired) electrons. The van der Waals surface area contributed by atoms with Crippen LogP contribution in [0.1, 0.15) is 27.7 Å². The summed E-state index contributed by atoms with van der Waals surface area (Å²) in [5, 5.41) is 8.76. The zero-order valence-electron chi connectivity index (χ0n) is 6.23. The van der Waals surface area contributed by atoms with E-state index in [1.54, 1.807) is 0 Å². The van der Waals surface area contributed by atoms with Gasteiger partial charge in [0.25, 0.3) is 0 Å². The van der Waals surface area contributed by atoms with Crippen LogP contribution in [0.4, 0.5) is 0 Å². The fourth-order valence-corrected chi connectivity index (χ4v) is 0.183. The maximum atomic E-state index is 8.76. The molecule has 1 heteroatoms. The van der Waals surface area contributed by atoms with E-state index in [4.69, 9.17) is 5.11 Å². The van der Waals surface area contributed by atoms with Gasteiger partial charge in [-0.25, -0.2) is 0 Å². The van der Waals surface area contributed by atoms with Crippen molar-refractivity contribution in [2.24, 2.45) is 11.3 Å². The van der Waals surface area contributed by atoms with E-state index in [0.29, 0.717) is 5.92 Å². The predicted octanol–water partition coefficient (Wildman–Crippen LogP) is 1.66. The molecule has 0 amide bonds. The normalized spacial score (nSPS) is 12.8. The fourth-order valence-electron chi connectivity index (χ4n) is 0.183. The van der Waals surface area contributed by atoms with Crippen molar-refractivity contribution in [3.05, 3.63) is 0 Å². The van der Waals surface area contributed by atoms with Gasteiger partial charge < -0.3 is 5.11 Å². The number of aliphatic hydroxyl groups is 1. The van der Waals surface area contributed by atoms with E-state index in [-0.39, 0.29) is 12.0 Å². The summed E-state index contributed by atoms with van der Waals surface area (Å²) in [6, 6.07) is 0. The monoisotopic (exact) mass is 116 g/mol. The van der Waals surface area contributed by atoms with Gasteiger partial charge in [0.15, 0.2) is 0 Å². The average Bonchev–Trinajstić information content (AvgIpc) is 1.67. The van der Waals surface area contributed by atoms with Crippen LogP contribution in [0.2, 0.25) is 0 Å². The third-order valence-electron chi connectivity index (χ3n) is 1.97. The molecular weight excluding hydrogens is 100 g/mol. The Morgan fingerprint density at radius 3 is 1.75 bits per heavy atom. The van der Waals surface area contributed by atoms with Crippen molar-refractivity contribution in [1.82, 2.24) is 0 Å². The molecule has 0 aliphatic carbocycles. The van der Waals surface area contributed by atoms with E-state index in [0.717, 1.165) is 0 Å². The molecule has 0 aliphatic heterocycles. The quantitative estimate of drug-likeness (QED) is 0.581. The zero-order valence-corrected chi connectivity index (χ0v) is 6.23. The lowest BCUT2D eigenvalue weighted by Gasteiger charge is -2.25. The second kappa shape index (κ2) is 2.49. The van der Waals surface area contributed by atoms with Crippen molar-refractivity contribution in [3.8, 4) is 0 Å². The Morgan fingerprint density at radius 1 is 1.38 bits per heavy atom. The third-order valence-corrected chi connectivity index (χ3v) is 1.97. The van der Waals surface area contributed by atoms with Crippen molar-refractivity contribution in [2.45, 2.75) is 27.7 Å². The Morgan fingerprint density at radius 2 is 1.75 bits per heavy atom. The molecule has 50 valence electrons. The molecule has 0 bridgehead atoms. The molecule has 1 N–H and O–H groups in total. The highest BCUT2D eigenvalue weighted by molar-refractivity contribution is 4.69. The van der Waals surface area contributed by atoms with Gasteiger partial charge in [0.2, 0.25) is 0 Å². The van der Waals surface area contributed by atoms with Gasteiger partial charge in [-0.1, -0.05) is 27.7 Å². The molecule has 0 unspecified atom stereocenters. The van der Waals surface area contributed by atoms with E-state index in [1.165, 1.54) is 0 Å². The number of hydrogen-bond acceptors (Lipinski definition) is 1. The van der Waals surface area contributed by atoms with Crippen molar-refractivity contribution in [3.63, 3.8) is 0 Å². The smallest absolute Gasteiger partial charge is 0.0484 e. The minimum absolute atomic E-state index is 0.0972. The first kappa shape index (κ1) is 7.96. The first-order valence-corrected chi connectivity index (χ1v) is 3.11. The minimum atomic E-state index is 0.0972. The molecule has 8 heavy (non-hydrogen) atoms. The average molecular weight is 116 g/mol. The SMILES string of the molecule is CC(C)C(C)(C)CO. The lowest BCUT2D eigenvalue weighted by Crippen LogP contribution is -2.23. The zero-order chi connectivity index (χ0) is 6.78. The first-order chi connectivity index (χ1) is 3.50. The summed E-state index contributed by atoms with van der Waals surface area (Å²) in [6.07, 6.45) is 0. The molecule has 0 heterocycles. The van der Waals surface area contributed by atoms with Crippen LogP contribution < -0.4 is 0 Å². The molecule has 0 aromatic heterocycles. The van der Waals surface area contributed by atoms with E-state index in [2.05, 4.69) is 27.7 Å². The van der Waals surface area contributed by atoms with Crippen LogP contribution in [-0.2, 0) is 0 Å². The summed E-state index contributed by atoms with van der Waals surface area (Å²) in [4.78, 5) is 0. The van der Waals surface area contributed by atoms with Gasteiger partial charge in [-0.15, -0.1) is 0 Å². The Bertz CT molecular complexity index is 64.8. The maximum Gasteiger partial charge on any atom is 0.0484 e. The summed E-state index contributed by atoms with van der Waals surface area (Å²) < 4.78 is 0. The molecule has 0 rings (SSSR count). The van der Waals surface area contributed by atoms with E-state index in [1.807, 2.05) is 0 Å². The van der Waals surface area contributed by atoms with Gasteiger partial charge in [0.05, 0.1) is 0 Å². The highest BCUT2D eigenvalue weighted by atomic mass is 16.3. The van der Waals surface area contributed by atoms with E-state index in [9.17, 15) is 0 Å². The van der Waals surface area contributed by atoms with Gasteiger partial charge in [-0.3, -0.25) is 0 Å². The molecule has 0 saturated heterocycles. The summed E-state index contributed by atoms with van der Waals surface area (Å²) in [5.41, 5.74) is 0.0972. The maximum absolute atomic E-state index is 8.76. The number of rotatable bonds is 2. The molecule has 0 fully saturated rings. The summed E-state index contributed by atoms with van der Waals surface area (Å²) in [7, 11) is 0. The molecule has 0 aromatic rings. The molecule has 0 spiro atoms. The second-order valence-electron chi connectivity index (χ2n) is 3.30. The highest BCUT2D eigenvalue weighted by Gasteiger charge is 2.20. The molecule has 1 nitrogen and oxygen atoms in total. The fraction of sp³-hybridized carbons (Fsp3) is 1.00. The van der Waals surface area contributed by atoms with Crippen LogP contribution in [0, 0.1) is 11.3 Å². The van der Waals surface area contributed by atoms with Crippen molar-refractivity contribution >= 4 is 0 Å². The van der Waals surface area contributed by atoms with Crippen molar-refractivity contribution in [2.75, 3.05) is 6.61 Å². The van der Waals surface area contributed by atoms with Crippen LogP contribution >= 0.6 is 0 Å². The standard InChI is InChI=1S/C7H16O/c1-6(2)7(3,4)5-8/h6,8H,5H2,1-4H3. The summed E-state index contributed by atoms with van der Waals surface area (Å²) >= 11 is 0. The van der Waals surface area contributed by atoms with Crippen LogP contribution in [0.3, 0.4) is 0 Å². The lowest BCUT2D eigenvalue weighted by molar-refractivity contribution is 0.113. The Labute approximate surface area is 51.7 Å². The molecular formula is C7H16O. The molecule has 0 aliphatic rings. The van der Waals surface area contributed by atoms with E-state index < -0.39 is 0 Å². The third kappa shape index (κ3) is 1.83. The van der Waals surface area contributed by atoms with Crippen molar-refractivity contribution in [1.29, 1.82) is 0 Å². The largest absolute Gasteiger partial charge is 0.396 e. The Kier molecular flexibility index (Phi) is 2.48. The molecule has 0 saturated carbocycles. The second-order valence-corrected chi connectivity index (χ2v) is 3.30. The first-order valence-electron chi connectivity index (χ1n) is 3.11. The summed E-state index contributed by atoms with van der Waals surface area (Å²) in [5.74, 6) is 0.562. The van der Waals surface area contributed by atoms with Gasteiger partial charge >= 0.3 is 0 Å².